The fourth-order valence-electron chi connectivity index (χ4n) is 2.04. The topological polar surface area (TPSA) is 12.0 Å². The molecule has 0 amide bonds. The van der Waals surface area contributed by atoms with Gasteiger partial charge < -0.3 is 5.32 Å². The molecule has 0 aliphatic carbocycles. The Balaban J connectivity index is 2.05. The van der Waals surface area contributed by atoms with Crippen molar-refractivity contribution in [3.63, 3.8) is 0 Å². The lowest BCUT2D eigenvalue weighted by Crippen LogP contribution is -2.46. The van der Waals surface area contributed by atoms with E-state index in [0.717, 1.165) is 5.56 Å². The van der Waals surface area contributed by atoms with Crippen molar-refractivity contribution in [1.29, 1.82) is 0 Å². The molecule has 1 aromatic carbocycles. The number of benzene rings is 1. The molecular formula is C12H15F2N. The number of hydrogen-bond acceptors (Lipinski definition) is 1. The van der Waals surface area contributed by atoms with E-state index in [4.69, 9.17) is 0 Å². The van der Waals surface area contributed by atoms with Crippen molar-refractivity contribution in [3.05, 3.63) is 35.9 Å². The van der Waals surface area contributed by atoms with Crippen LogP contribution >= 0.6 is 0 Å². The quantitative estimate of drug-likeness (QED) is 0.792. The van der Waals surface area contributed by atoms with Crippen LogP contribution in [0.25, 0.3) is 0 Å². The Morgan fingerprint density at radius 3 is 2.67 bits per heavy atom. The van der Waals surface area contributed by atoms with Gasteiger partial charge in [-0.2, -0.15) is 0 Å². The third-order valence-corrected chi connectivity index (χ3v) is 2.95. The van der Waals surface area contributed by atoms with E-state index in [2.05, 4.69) is 5.32 Å². The van der Waals surface area contributed by atoms with Crippen LogP contribution in [0.4, 0.5) is 8.78 Å². The molecule has 0 saturated carbocycles. The van der Waals surface area contributed by atoms with Gasteiger partial charge in [0.05, 0.1) is 6.54 Å². The first kappa shape index (κ1) is 10.6. The molecule has 0 bridgehead atoms. The molecular weight excluding hydrogens is 196 g/mol. The van der Waals surface area contributed by atoms with Crippen LogP contribution in [0.5, 0.6) is 0 Å². The normalized spacial score (nSPS) is 25.1. The first-order valence-electron chi connectivity index (χ1n) is 5.31. The third-order valence-electron chi connectivity index (χ3n) is 2.95. The number of halogens is 2. The third kappa shape index (κ3) is 2.53. The van der Waals surface area contributed by atoms with Crippen molar-refractivity contribution in [3.8, 4) is 0 Å². The van der Waals surface area contributed by atoms with Gasteiger partial charge in [-0.1, -0.05) is 30.3 Å². The van der Waals surface area contributed by atoms with Crippen molar-refractivity contribution in [1.82, 2.24) is 5.32 Å². The summed E-state index contributed by atoms with van der Waals surface area (Å²) >= 11 is 0. The average molecular weight is 211 g/mol. The smallest absolute Gasteiger partial charge is 0.263 e. The largest absolute Gasteiger partial charge is 0.311 e. The van der Waals surface area contributed by atoms with Crippen LogP contribution in [-0.2, 0) is 6.42 Å². The molecule has 1 fully saturated rings. The predicted octanol–water partition coefficient (Wildman–Crippen LogP) is 2.47. The van der Waals surface area contributed by atoms with E-state index in [1.807, 2.05) is 30.3 Å². The van der Waals surface area contributed by atoms with Gasteiger partial charge in [0.2, 0.25) is 0 Å². The lowest BCUT2D eigenvalue weighted by molar-refractivity contribution is -0.0727. The average Bonchev–Trinajstić information content (AvgIpc) is 2.23. The summed E-state index contributed by atoms with van der Waals surface area (Å²) in [6.07, 6.45) is 1.04. The molecule has 1 aliphatic heterocycles. The van der Waals surface area contributed by atoms with E-state index >= 15 is 0 Å². The fourth-order valence-corrected chi connectivity index (χ4v) is 2.04. The molecule has 0 aromatic heterocycles. The lowest BCUT2D eigenvalue weighted by atomic mass is 9.88. The minimum atomic E-state index is -2.56. The Bertz CT molecular complexity index is 311. The summed E-state index contributed by atoms with van der Waals surface area (Å²) in [5.74, 6) is -3.07. The van der Waals surface area contributed by atoms with Crippen LogP contribution in [0.1, 0.15) is 12.0 Å². The molecule has 3 heteroatoms. The van der Waals surface area contributed by atoms with Gasteiger partial charge in [-0.3, -0.25) is 0 Å². The summed E-state index contributed by atoms with van der Waals surface area (Å²) in [7, 11) is 0. The molecule has 82 valence electrons. The molecule has 15 heavy (non-hydrogen) atoms. The maximum absolute atomic E-state index is 13.5. The number of rotatable bonds is 2. The zero-order valence-electron chi connectivity index (χ0n) is 8.55. The standard InChI is InChI=1S/C12H15F2N/c13-12(14)9-15-7-6-11(12)8-10-4-2-1-3-5-10/h1-5,11,15H,6-9H2. The van der Waals surface area contributed by atoms with Gasteiger partial charge in [-0.15, -0.1) is 0 Å². The summed E-state index contributed by atoms with van der Waals surface area (Å²) in [5, 5.41) is 2.74. The number of nitrogens with one attached hydrogen (secondary N) is 1. The molecule has 1 saturated heterocycles. The predicted molar refractivity (Wildman–Crippen MR) is 56.1 cm³/mol. The zero-order chi connectivity index (χ0) is 10.7. The van der Waals surface area contributed by atoms with Crippen LogP contribution in [0.15, 0.2) is 30.3 Å². The lowest BCUT2D eigenvalue weighted by Gasteiger charge is -2.31. The highest BCUT2D eigenvalue weighted by Crippen LogP contribution is 2.31. The van der Waals surface area contributed by atoms with Gasteiger partial charge in [0.15, 0.2) is 0 Å². The molecule has 0 radical (unpaired) electrons. The summed E-state index contributed by atoms with van der Waals surface area (Å²) in [6, 6.07) is 9.53. The van der Waals surface area contributed by atoms with Gasteiger partial charge in [-0.25, -0.2) is 8.78 Å². The zero-order valence-corrected chi connectivity index (χ0v) is 8.55. The van der Waals surface area contributed by atoms with Crippen molar-refractivity contribution in [2.45, 2.75) is 18.8 Å². The van der Waals surface area contributed by atoms with E-state index in [1.54, 1.807) is 0 Å². The Morgan fingerprint density at radius 2 is 2.00 bits per heavy atom. The van der Waals surface area contributed by atoms with Crippen LogP contribution in [-0.4, -0.2) is 19.0 Å². The minimum Gasteiger partial charge on any atom is -0.311 e. The molecule has 1 aliphatic rings. The Labute approximate surface area is 88.5 Å². The van der Waals surface area contributed by atoms with Crippen molar-refractivity contribution in [2.75, 3.05) is 13.1 Å². The van der Waals surface area contributed by atoms with E-state index in [0.29, 0.717) is 19.4 Å². The number of alkyl halides is 2. The Morgan fingerprint density at radius 1 is 1.27 bits per heavy atom. The highest BCUT2D eigenvalue weighted by atomic mass is 19.3. The number of hydrogen-bond donors (Lipinski definition) is 1. The van der Waals surface area contributed by atoms with Crippen molar-refractivity contribution >= 4 is 0 Å². The molecule has 1 heterocycles. The number of piperidine rings is 1. The van der Waals surface area contributed by atoms with E-state index in [-0.39, 0.29) is 6.54 Å². The Hall–Kier alpha value is -0.960. The monoisotopic (exact) mass is 211 g/mol. The van der Waals surface area contributed by atoms with Crippen LogP contribution in [0.2, 0.25) is 0 Å². The van der Waals surface area contributed by atoms with Crippen LogP contribution in [0, 0.1) is 5.92 Å². The van der Waals surface area contributed by atoms with Gasteiger partial charge in [-0.05, 0) is 24.9 Å². The highest BCUT2D eigenvalue weighted by molar-refractivity contribution is 5.16. The summed E-state index contributed by atoms with van der Waals surface area (Å²) in [4.78, 5) is 0. The van der Waals surface area contributed by atoms with Gasteiger partial charge in [0.25, 0.3) is 5.92 Å². The molecule has 1 N–H and O–H groups in total. The van der Waals surface area contributed by atoms with Crippen LogP contribution < -0.4 is 5.32 Å². The first-order chi connectivity index (χ1) is 7.18. The molecule has 0 spiro atoms. The van der Waals surface area contributed by atoms with E-state index in [9.17, 15) is 8.78 Å². The maximum atomic E-state index is 13.5. The maximum Gasteiger partial charge on any atom is 0.263 e. The second-order valence-electron chi connectivity index (χ2n) is 4.11. The summed E-state index contributed by atoms with van der Waals surface area (Å²) in [6.45, 7) is 0.525. The molecule has 2 rings (SSSR count). The first-order valence-corrected chi connectivity index (χ1v) is 5.31. The SMILES string of the molecule is FC1(F)CNCCC1Cc1ccccc1. The summed E-state index contributed by atoms with van der Waals surface area (Å²) < 4.78 is 27.0. The molecule has 1 atom stereocenters. The second kappa shape index (κ2) is 4.27. The fraction of sp³-hybridized carbons (Fsp3) is 0.500. The van der Waals surface area contributed by atoms with Gasteiger partial charge in [0.1, 0.15) is 0 Å². The van der Waals surface area contributed by atoms with E-state index in [1.165, 1.54) is 0 Å². The minimum absolute atomic E-state index is 0.176. The molecule has 1 aromatic rings. The van der Waals surface area contributed by atoms with Gasteiger partial charge in [0, 0.05) is 5.92 Å². The molecule has 1 unspecified atom stereocenters. The second-order valence-corrected chi connectivity index (χ2v) is 4.11. The summed E-state index contributed by atoms with van der Waals surface area (Å²) in [5.41, 5.74) is 1.00. The van der Waals surface area contributed by atoms with Gasteiger partial charge >= 0.3 is 0 Å². The highest BCUT2D eigenvalue weighted by Gasteiger charge is 2.41. The van der Waals surface area contributed by atoms with Crippen molar-refractivity contribution < 1.29 is 8.78 Å². The van der Waals surface area contributed by atoms with Crippen LogP contribution in [0.3, 0.4) is 0 Å². The molecule has 1 nitrogen and oxygen atoms in total. The van der Waals surface area contributed by atoms with E-state index < -0.39 is 11.8 Å². The van der Waals surface area contributed by atoms with Crippen molar-refractivity contribution in [2.24, 2.45) is 5.92 Å². The Kier molecular flexibility index (Phi) is 3.00.